The number of carbonyl (C=O) groups excluding carboxylic acids is 1. The molecule has 1 fully saturated rings. The van der Waals surface area contributed by atoms with Gasteiger partial charge in [0.25, 0.3) is 0 Å². The minimum absolute atomic E-state index is 0. The van der Waals surface area contributed by atoms with Gasteiger partial charge in [0.1, 0.15) is 17.2 Å². The van der Waals surface area contributed by atoms with Gasteiger partial charge in [-0.25, -0.2) is 4.39 Å². The van der Waals surface area contributed by atoms with Crippen LogP contribution in [0.3, 0.4) is 0 Å². The zero-order chi connectivity index (χ0) is 16.7. The fourth-order valence-electron chi connectivity index (χ4n) is 3.22. The highest BCUT2D eigenvalue weighted by Crippen LogP contribution is 2.40. The van der Waals surface area contributed by atoms with E-state index < -0.39 is 11.1 Å². The van der Waals surface area contributed by atoms with Crippen LogP contribution in [-0.4, -0.2) is 30.3 Å². The summed E-state index contributed by atoms with van der Waals surface area (Å²) in [7, 11) is 0. The second-order valence-corrected chi connectivity index (χ2v) is 7.04. The van der Waals surface area contributed by atoms with Crippen LogP contribution in [0.1, 0.15) is 44.7 Å². The van der Waals surface area contributed by atoms with Crippen LogP contribution in [-0.2, 0) is 9.53 Å². The van der Waals surface area contributed by atoms with Crippen molar-refractivity contribution >= 4 is 18.3 Å². The van der Waals surface area contributed by atoms with Crippen molar-refractivity contribution in [1.82, 2.24) is 5.32 Å². The molecule has 134 valence electrons. The summed E-state index contributed by atoms with van der Waals surface area (Å²) in [5.74, 6) is -0.0605. The van der Waals surface area contributed by atoms with E-state index in [1.54, 1.807) is 6.07 Å². The normalized spacial score (nSPS) is 24.1. The first kappa shape index (κ1) is 19.0. The lowest BCUT2D eigenvalue weighted by atomic mass is 9.86. The van der Waals surface area contributed by atoms with Crippen molar-refractivity contribution in [2.75, 3.05) is 13.2 Å². The third-order valence-corrected chi connectivity index (χ3v) is 4.58. The van der Waals surface area contributed by atoms with Crippen molar-refractivity contribution in [2.24, 2.45) is 5.73 Å². The summed E-state index contributed by atoms with van der Waals surface area (Å²) in [5, 5.41) is 3.04. The minimum Gasteiger partial charge on any atom is -0.487 e. The Kier molecular flexibility index (Phi) is 5.42. The number of halogens is 2. The van der Waals surface area contributed by atoms with Crippen molar-refractivity contribution in [1.29, 1.82) is 0 Å². The van der Waals surface area contributed by atoms with Gasteiger partial charge in [0, 0.05) is 31.3 Å². The molecule has 2 aliphatic heterocycles. The Balaban J connectivity index is 0.00000208. The van der Waals surface area contributed by atoms with E-state index in [0.717, 1.165) is 5.56 Å². The third-order valence-electron chi connectivity index (χ3n) is 4.58. The van der Waals surface area contributed by atoms with E-state index in [1.165, 1.54) is 12.1 Å². The van der Waals surface area contributed by atoms with Crippen molar-refractivity contribution in [3.05, 3.63) is 29.6 Å². The molecule has 1 aromatic rings. The molecule has 3 rings (SSSR count). The number of hydrogen-bond donors (Lipinski definition) is 2. The molecule has 2 heterocycles. The van der Waals surface area contributed by atoms with Gasteiger partial charge in [-0.15, -0.1) is 12.4 Å². The monoisotopic (exact) mass is 358 g/mol. The first-order valence-electron chi connectivity index (χ1n) is 7.95. The highest BCUT2D eigenvalue weighted by molar-refractivity contribution is 5.86. The number of fused-ring (bicyclic) bond motifs is 1. The molecule has 0 spiro atoms. The Bertz CT molecular complexity index is 618. The SMILES string of the molecule is CC1(C)CC(NC(=O)C2(N)CCOCC2)c2ccc(F)cc2O1.Cl. The van der Waals surface area contributed by atoms with Crippen LogP contribution in [0.5, 0.6) is 5.75 Å². The van der Waals surface area contributed by atoms with Crippen LogP contribution >= 0.6 is 12.4 Å². The van der Waals surface area contributed by atoms with Crippen LogP contribution < -0.4 is 15.8 Å². The maximum Gasteiger partial charge on any atom is 0.240 e. The second kappa shape index (κ2) is 6.86. The fourth-order valence-corrected chi connectivity index (χ4v) is 3.22. The molecule has 0 bridgehead atoms. The quantitative estimate of drug-likeness (QED) is 0.851. The maximum absolute atomic E-state index is 13.5. The summed E-state index contributed by atoms with van der Waals surface area (Å²) in [6, 6.07) is 4.16. The topological polar surface area (TPSA) is 73.6 Å². The zero-order valence-electron chi connectivity index (χ0n) is 13.9. The largest absolute Gasteiger partial charge is 0.487 e. The van der Waals surface area contributed by atoms with Crippen molar-refractivity contribution in [3.63, 3.8) is 0 Å². The van der Waals surface area contributed by atoms with Gasteiger partial charge < -0.3 is 20.5 Å². The van der Waals surface area contributed by atoms with Gasteiger partial charge >= 0.3 is 0 Å². The van der Waals surface area contributed by atoms with Crippen LogP contribution in [0.25, 0.3) is 0 Å². The van der Waals surface area contributed by atoms with Gasteiger partial charge in [-0.05, 0) is 32.8 Å². The van der Waals surface area contributed by atoms with Crippen LogP contribution in [0.2, 0.25) is 0 Å². The summed E-state index contributed by atoms with van der Waals surface area (Å²) in [6.07, 6.45) is 1.60. The second-order valence-electron chi connectivity index (χ2n) is 7.04. The summed E-state index contributed by atoms with van der Waals surface area (Å²) >= 11 is 0. The molecule has 0 saturated carbocycles. The van der Waals surface area contributed by atoms with Gasteiger partial charge in [-0.3, -0.25) is 4.79 Å². The molecule has 24 heavy (non-hydrogen) atoms. The average molecular weight is 359 g/mol. The van der Waals surface area contributed by atoms with E-state index in [1.807, 2.05) is 13.8 Å². The van der Waals surface area contributed by atoms with Crippen molar-refractivity contribution in [2.45, 2.75) is 50.3 Å². The predicted octanol–water partition coefficient (Wildman–Crippen LogP) is 2.47. The molecular weight excluding hydrogens is 335 g/mol. The van der Waals surface area contributed by atoms with E-state index in [2.05, 4.69) is 5.32 Å². The van der Waals surface area contributed by atoms with E-state index >= 15 is 0 Å². The van der Waals surface area contributed by atoms with E-state index in [-0.39, 0.29) is 30.2 Å². The Morgan fingerprint density at radius 3 is 2.67 bits per heavy atom. The summed E-state index contributed by atoms with van der Waals surface area (Å²) in [5.41, 5.74) is 5.64. The number of nitrogens with one attached hydrogen (secondary N) is 1. The number of nitrogens with two attached hydrogens (primary N) is 1. The number of hydrogen-bond acceptors (Lipinski definition) is 4. The zero-order valence-corrected chi connectivity index (χ0v) is 14.7. The smallest absolute Gasteiger partial charge is 0.240 e. The van der Waals surface area contributed by atoms with Gasteiger partial charge in [-0.2, -0.15) is 0 Å². The Labute approximate surface area is 147 Å². The molecule has 2 aliphatic rings. The molecule has 1 saturated heterocycles. The third kappa shape index (κ3) is 3.82. The standard InChI is InChI=1S/C17H23FN2O3.ClH/c1-16(2)10-13(12-4-3-11(18)9-14(12)23-16)20-15(21)17(19)5-7-22-8-6-17;/h3-4,9,13H,5-8,10,19H2,1-2H3,(H,20,21);1H. The van der Waals surface area contributed by atoms with E-state index in [0.29, 0.717) is 38.2 Å². The van der Waals surface area contributed by atoms with Gasteiger partial charge in [-0.1, -0.05) is 6.07 Å². The fraction of sp³-hybridized carbons (Fsp3) is 0.588. The predicted molar refractivity (Wildman–Crippen MR) is 90.8 cm³/mol. The summed E-state index contributed by atoms with van der Waals surface area (Å²) in [4.78, 5) is 12.7. The van der Waals surface area contributed by atoms with Crippen molar-refractivity contribution in [3.8, 4) is 5.75 Å². The number of benzene rings is 1. The Hall–Kier alpha value is -1.37. The highest BCUT2D eigenvalue weighted by Gasteiger charge is 2.40. The average Bonchev–Trinajstić information content (AvgIpc) is 2.46. The molecule has 7 heteroatoms. The van der Waals surface area contributed by atoms with Crippen LogP contribution in [0.4, 0.5) is 4.39 Å². The van der Waals surface area contributed by atoms with Gasteiger partial charge in [0.2, 0.25) is 5.91 Å². The molecule has 5 nitrogen and oxygen atoms in total. The molecule has 3 N–H and O–H groups in total. The molecule has 1 aromatic carbocycles. The van der Waals surface area contributed by atoms with E-state index in [9.17, 15) is 9.18 Å². The van der Waals surface area contributed by atoms with E-state index in [4.69, 9.17) is 15.2 Å². The number of amides is 1. The van der Waals surface area contributed by atoms with Crippen LogP contribution in [0, 0.1) is 5.82 Å². The van der Waals surface area contributed by atoms with Crippen LogP contribution in [0.15, 0.2) is 18.2 Å². The molecule has 1 amide bonds. The van der Waals surface area contributed by atoms with Gasteiger partial charge in [0.15, 0.2) is 0 Å². The lowest BCUT2D eigenvalue weighted by Gasteiger charge is -2.40. The summed E-state index contributed by atoms with van der Waals surface area (Å²) in [6.45, 7) is 4.83. The number of ether oxygens (including phenoxy) is 2. The molecule has 1 unspecified atom stereocenters. The number of rotatable bonds is 2. The Morgan fingerprint density at radius 1 is 1.33 bits per heavy atom. The number of carbonyl (C=O) groups is 1. The minimum atomic E-state index is -0.902. The van der Waals surface area contributed by atoms with Gasteiger partial charge in [0.05, 0.1) is 11.6 Å². The highest BCUT2D eigenvalue weighted by atomic mass is 35.5. The first-order chi connectivity index (χ1) is 10.8. The maximum atomic E-state index is 13.5. The summed E-state index contributed by atoms with van der Waals surface area (Å²) < 4.78 is 24.6. The molecule has 0 aromatic heterocycles. The molecule has 1 atom stereocenters. The molecule has 0 radical (unpaired) electrons. The molecule has 0 aliphatic carbocycles. The Morgan fingerprint density at radius 2 is 2.00 bits per heavy atom. The lowest BCUT2D eigenvalue weighted by molar-refractivity contribution is -0.131. The lowest BCUT2D eigenvalue weighted by Crippen LogP contribution is -2.58. The molecular formula is C17H24ClFN2O3. The van der Waals surface area contributed by atoms with Crippen molar-refractivity contribution < 1.29 is 18.7 Å². The first-order valence-corrected chi connectivity index (χ1v) is 7.95.